The molecule has 0 spiro atoms. The summed E-state index contributed by atoms with van der Waals surface area (Å²) in [7, 11) is 0. The van der Waals surface area contributed by atoms with Crippen LogP contribution in [0.5, 0.6) is 0 Å². The van der Waals surface area contributed by atoms with Crippen molar-refractivity contribution in [2.24, 2.45) is 0 Å². The Bertz CT molecular complexity index is 98.6. The highest BCUT2D eigenvalue weighted by Crippen LogP contribution is 1.94. The fourth-order valence-electron chi connectivity index (χ4n) is 0.672. The van der Waals surface area contributed by atoms with Crippen molar-refractivity contribution < 1.29 is 0 Å². The Morgan fingerprint density at radius 2 is 2.10 bits per heavy atom. The van der Waals surface area contributed by atoms with Crippen LogP contribution in [0.4, 0.5) is 0 Å². The molecule has 0 N–H and O–H groups in total. The van der Waals surface area contributed by atoms with Crippen molar-refractivity contribution >= 4 is 0 Å². The van der Waals surface area contributed by atoms with Gasteiger partial charge in [-0.3, -0.25) is 0 Å². The maximum Gasteiger partial charge on any atom is -0.0305 e. The van der Waals surface area contributed by atoms with Gasteiger partial charge < -0.3 is 0 Å². The average molecular weight is 137 g/mol. The molecule has 0 nitrogen and oxygen atoms in total. The number of hydrogen-bond donors (Lipinski definition) is 0. The lowest BCUT2D eigenvalue weighted by Crippen LogP contribution is -1.65. The minimum absolute atomic E-state index is 1.01. The van der Waals surface area contributed by atoms with E-state index in [-0.39, 0.29) is 0 Å². The fourth-order valence-corrected chi connectivity index (χ4v) is 0.672. The second kappa shape index (κ2) is 8.48. The summed E-state index contributed by atoms with van der Waals surface area (Å²) < 4.78 is 0. The van der Waals surface area contributed by atoms with E-state index in [0.717, 1.165) is 6.42 Å². The molecular formula is C10H17. The van der Waals surface area contributed by atoms with E-state index in [1.807, 2.05) is 6.08 Å². The third-order valence-corrected chi connectivity index (χ3v) is 1.28. The van der Waals surface area contributed by atoms with Gasteiger partial charge in [-0.05, 0) is 18.9 Å². The van der Waals surface area contributed by atoms with E-state index in [4.69, 9.17) is 0 Å². The molecule has 10 heavy (non-hydrogen) atoms. The van der Waals surface area contributed by atoms with Gasteiger partial charge in [0.1, 0.15) is 0 Å². The second-order valence-electron chi connectivity index (χ2n) is 2.29. The van der Waals surface area contributed by atoms with Crippen LogP contribution < -0.4 is 0 Å². The summed E-state index contributed by atoms with van der Waals surface area (Å²) in [4.78, 5) is 0. The molecule has 0 aromatic heterocycles. The molecule has 0 fully saturated rings. The molecular weight excluding hydrogens is 120 g/mol. The first-order valence-electron chi connectivity index (χ1n) is 4.13. The van der Waals surface area contributed by atoms with Crippen LogP contribution in [0.1, 0.15) is 39.5 Å². The lowest BCUT2D eigenvalue weighted by atomic mass is 10.2. The molecule has 0 rings (SSSR count). The molecule has 0 atom stereocenters. The van der Waals surface area contributed by atoms with Gasteiger partial charge in [-0.25, -0.2) is 0 Å². The molecule has 0 heterocycles. The van der Waals surface area contributed by atoms with Crippen molar-refractivity contribution in [3.05, 3.63) is 24.3 Å². The first kappa shape index (κ1) is 9.48. The van der Waals surface area contributed by atoms with Crippen molar-refractivity contribution in [2.75, 3.05) is 0 Å². The standard InChI is InChI=1S/C10H17/c1-3-5-7-9-10-8-6-4-2/h8-10H,3-5,7H2,1-2H3/b8-6?,10-9+. The normalized spacial score (nSPS) is 11.8. The lowest BCUT2D eigenvalue weighted by Gasteiger charge is -1.84. The first-order chi connectivity index (χ1) is 4.91. The van der Waals surface area contributed by atoms with Gasteiger partial charge in [0.2, 0.25) is 0 Å². The Morgan fingerprint density at radius 1 is 1.30 bits per heavy atom. The van der Waals surface area contributed by atoms with Gasteiger partial charge in [-0.1, -0.05) is 44.9 Å². The smallest absolute Gasteiger partial charge is 0.0305 e. The van der Waals surface area contributed by atoms with E-state index in [0.29, 0.717) is 0 Å². The number of allylic oxidation sites excluding steroid dienone is 4. The number of hydrogen-bond acceptors (Lipinski definition) is 0. The second-order valence-corrected chi connectivity index (χ2v) is 2.29. The summed E-state index contributed by atoms with van der Waals surface area (Å²) in [6.07, 6.45) is 14.2. The highest BCUT2D eigenvalue weighted by atomic mass is 13.8. The van der Waals surface area contributed by atoms with Gasteiger partial charge in [0, 0.05) is 0 Å². The molecule has 0 unspecified atom stereocenters. The van der Waals surface area contributed by atoms with Crippen LogP contribution in [-0.2, 0) is 0 Å². The van der Waals surface area contributed by atoms with Crippen LogP contribution in [0.15, 0.2) is 18.2 Å². The molecule has 0 aromatic carbocycles. The van der Waals surface area contributed by atoms with E-state index in [1.165, 1.54) is 19.3 Å². The van der Waals surface area contributed by atoms with Crippen molar-refractivity contribution in [3.63, 3.8) is 0 Å². The van der Waals surface area contributed by atoms with E-state index in [1.54, 1.807) is 0 Å². The van der Waals surface area contributed by atoms with E-state index >= 15 is 0 Å². The topological polar surface area (TPSA) is 0 Å². The molecule has 0 saturated heterocycles. The fraction of sp³-hybridized carbons (Fsp3) is 0.600. The third-order valence-electron chi connectivity index (χ3n) is 1.28. The Kier molecular flexibility index (Phi) is 8.04. The largest absolute Gasteiger partial charge is 0.0845 e. The molecule has 0 aromatic rings. The van der Waals surface area contributed by atoms with Crippen LogP contribution in [0, 0.1) is 6.08 Å². The highest BCUT2D eigenvalue weighted by Gasteiger charge is 1.74. The zero-order valence-corrected chi connectivity index (χ0v) is 7.06. The minimum atomic E-state index is 1.01. The van der Waals surface area contributed by atoms with Crippen molar-refractivity contribution in [1.29, 1.82) is 0 Å². The summed E-state index contributed by atoms with van der Waals surface area (Å²) in [5, 5.41) is 0. The third kappa shape index (κ3) is 7.48. The summed E-state index contributed by atoms with van der Waals surface area (Å²) in [5.74, 6) is 0. The maximum absolute atomic E-state index is 3.11. The van der Waals surface area contributed by atoms with E-state index in [2.05, 4.69) is 32.1 Å². The molecule has 0 aliphatic heterocycles. The SMILES string of the molecule is CC/[C]=C\C=C\CCCC. The molecule has 0 heteroatoms. The Labute approximate surface area is 64.6 Å². The molecule has 1 radical (unpaired) electrons. The summed E-state index contributed by atoms with van der Waals surface area (Å²) in [6, 6.07) is 0. The minimum Gasteiger partial charge on any atom is -0.0845 e. The first-order valence-corrected chi connectivity index (χ1v) is 4.13. The zero-order valence-electron chi connectivity index (χ0n) is 7.06. The van der Waals surface area contributed by atoms with Crippen molar-refractivity contribution in [2.45, 2.75) is 39.5 Å². The quantitative estimate of drug-likeness (QED) is 0.402. The van der Waals surface area contributed by atoms with Crippen LogP contribution in [0.3, 0.4) is 0 Å². The van der Waals surface area contributed by atoms with Gasteiger partial charge in [-0.15, -0.1) is 0 Å². The number of rotatable bonds is 5. The lowest BCUT2D eigenvalue weighted by molar-refractivity contribution is 0.815. The van der Waals surface area contributed by atoms with E-state index in [9.17, 15) is 0 Å². The summed E-state index contributed by atoms with van der Waals surface area (Å²) in [5.41, 5.74) is 0. The van der Waals surface area contributed by atoms with Crippen LogP contribution >= 0.6 is 0 Å². The van der Waals surface area contributed by atoms with Crippen LogP contribution in [0.25, 0.3) is 0 Å². The van der Waals surface area contributed by atoms with Gasteiger partial charge in [0.05, 0.1) is 0 Å². The summed E-state index contributed by atoms with van der Waals surface area (Å²) >= 11 is 0. The Hall–Kier alpha value is -0.520. The van der Waals surface area contributed by atoms with Gasteiger partial charge in [0.25, 0.3) is 0 Å². The number of unbranched alkanes of at least 4 members (excludes halogenated alkanes) is 2. The van der Waals surface area contributed by atoms with E-state index < -0.39 is 0 Å². The maximum atomic E-state index is 3.11. The molecule has 0 amide bonds. The van der Waals surface area contributed by atoms with Crippen molar-refractivity contribution in [3.8, 4) is 0 Å². The molecule has 0 aliphatic rings. The van der Waals surface area contributed by atoms with Gasteiger partial charge in [0.15, 0.2) is 0 Å². The van der Waals surface area contributed by atoms with Crippen molar-refractivity contribution in [1.82, 2.24) is 0 Å². The predicted molar refractivity (Wildman–Crippen MR) is 46.8 cm³/mol. The van der Waals surface area contributed by atoms with Gasteiger partial charge in [-0.2, -0.15) is 0 Å². The zero-order chi connectivity index (χ0) is 7.66. The molecule has 0 bridgehead atoms. The highest BCUT2D eigenvalue weighted by molar-refractivity contribution is 4.98. The van der Waals surface area contributed by atoms with Crippen LogP contribution in [-0.4, -0.2) is 0 Å². The van der Waals surface area contributed by atoms with Gasteiger partial charge >= 0.3 is 0 Å². The molecule has 57 valence electrons. The predicted octanol–water partition coefficient (Wildman–Crippen LogP) is 3.50. The van der Waals surface area contributed by atoms with Crippen LogP contribution in [0.2, 0.25) is 0 Å². The Balaban J connectivity index is 3.11. The Morgan fingerprint density at radius 3 is 2.70 bits per heavy atom. The molecule has 0 aliphatic carbocycles. The molecule has 0 saturated carbocycles. The summed E-state index contributed by atoms with van der Waals surface area (Å²) in [6.45, 7) is 4.30. The average Bonchev–Trinajstić information content (AvgIpc) is 1.97. The monoisotopic (exact) mass is 137 g/mol.